The van der Waals surface area contributed by atoms with Gasteiger partial charge in [0.05, 0.1) is 26.9 Å². The van der Waals surface area contributed by atoms with Crippen molar-refractivity contribution in [3.8, 4) is 17.2 Å². The van der Waals surface area contributed by atoms with Crippen LogP contribution in [0.1, 0.15) is 63.1 Å². The van der Waals surface area contributed by atoms with Crippen LogP contribution in [-0.4, -0.2) is 54.5 Å². The van der Waals surface area contributed by atoms with Gasteiger partial charge in [0.2, 0.25) is 5.91 Å². The summed E-state index contributed by atoms with van der Waals surface area (Å²) in [6.45, 7) is 4.30. The van der Waals surface area contributed by atoms with Crippen LogP contribution >= 0.6 is 0 Å². The molecule has 0 radical (unpaired) electrons. The van der Waals surface area contributed by atoms with Gasteiger partial charge in [-0.2, -0.15) is 0 Å². The Morgan fingerprint density at radius 2 is 1.63 bits per heavy atom. The summed E-state index contributed by atoms with van der Waals surface area (Å²) in [6, 6.07) is 12.5. The second-order valence-corrected chi connectivity index (χ2v) is 9.57. The molecule has 0 bridgehead atoms. The molecule has 0 aromatic heterocycles. The van der Waals surface area contributed by atoms with Crippen molar-refractivity contribution in [1.82, 2.24) is 9.80 Å². The summed E-state index contributed by atoms with van der Waals surface area (Å²) in [5.41, 5.74) is 1.57. The highest BCUT2D eigenvalue weighted by Crippen LogP contribution is 2.38. The van der Waals surface area contributed by atoms with Crippen LogP contribution in [0.5, 0.6) is 17.2 Å². The molecule has 0 unspecified atom stereocenters. The molecular formula is C28H36N2O5. The molecule has 7 nitrogen and oxygen atoms in total. The highest BCUT2D eigenvalue weighted by Gasteiger charge is 2.43. The van der Waals surface area contributed by atoms with E-state index in [1.165, 1.54) is 6.42 Å². The van der Waals surface area contributed by atoms with Crippen LogP contribution in [0.2, 0.25) is 0 Å². The molecule has 0 N–H and O–H groups in total. The minimum absolute atomic E-state index is 0.0172. The van der Waals surface area contributed by atoms with Crippen molar-refractivity contribution in [1.29, 1.82) is 0 Å². The summed E-state index contributed by atoms with van der Waals surface area (Å²) in [7, 11) is 3.20. The molecule has 1 aliphatic carbocycles. The fourth-order valence-electron chi connectivity index (χ4n) is 5.18. The number of carbonyl (C=O) groups is 2. The number of hydrogen-bond donors (Lipinski definition) is 0. The van der Waals surface area contributed by atoms with Crippen molar-refractivity contribution in [3.63, 3.8) is 0 Å². The number of hydrogen-bond acceptors (Lipinski definition) is 5. The summed E-state index contributed by atoms with van der Waals surface area (Å²) in [4.78, 5) is 31.1. The number of rotatable bonds is 8. The van der Waals surface area contributed by atoms with E-state index in [1.807, 2.05) is 61.2 Å². The molecule has 4 rings (SSSR count). The van der Waals surface area contributed by atoms with Crippen molar-refractivity contribution >= 4 is 11.8 Å². The van der Waals surface area contributed by atoms with E-state index in [0.717, 1.165) is 31.2 Å². The molecule has 7 heteroatoms. The van der Waals surface area contributed by atoms with E-state index < -0.39 is 6.04 Å². The Labute approximate surface area is 207 Å². The third kappa shape index (κ3) is 5.39. The molecule has 2 aliphatic rings. The summed E-state index contributed by atoms with van der Waals surface area (Å²) in [5, 5.41) is 0. The minimum Gasteiger partial charge on any atom is -0.496 e. The first-order chi connectivity index (χ1) is 16.9. The number of ether oxygens (including phenoxy) is 3. The maximum atomic E-state index is 14.0. The van der Waals surface area contributed by atoms with Crippen molar-refractivity contribution in [3.05, 3.63) is 53.6 Å². The van der Waals surface area contributed by atoms with Gasteiger partial charge in [-0.05, 0) is 50.5 Å². The van der Waals surface area contributed by atoms with E-state index in [4.69, 9.17) is 14.2 Å². The third-order valence-corrected chi connectivity index (χ3v) is 6.87. The number of nitrogens with zero attached hydrogens (tertiary/aromatic N) is 2. The largest absolute Gasteiger partial charge is 0.496 e. The van der Waals surface area contributed by atoms with Crippen LogP contribution in [0.25, 0.3) is 0 Å². The quantitative estimate of drug-likeness (QED) is 0.546. The van der Waals surface area contributed by atoms with Crippen LogP contribution in [0, 0.1) is 0 Å². The molecule has 1 heterocycles. The zero-order valence-corrected chi connectivity index (χ0v) is 21.2. The van der Waals surface area contributed by atoms with Crippen molar-refractivity contribution in [2.24, 2.45) is 0 Å². The average Bonchev–Trinajstić information content (AvgIpc) is 2.87. The minimum atomic E-state index is -0.745. The third-order valence-electron chi connectivity index (χ3n) is 6.87. The smallest absolute Gasteiger partial charge is 0.250 e. The molecule has 2 aromatic carbocycles. The lowest BCUT2D eigenvalue weighted by Crippen LogP contribution is -2.58. The maximum absolute atomic E-state index is 14.0. The lowest BCUT2D eigenvalue weighted by atomic mass is 9.91. The highest BCUT2D eigenvalue weighted by molar-refractivity contribution is 5.96. The first-order valence-electron chi connectivity index (χ1n) is 12.5. The van der Waals surface area contributed by atoms with Crippen molar-refractivity contribution in [2.45, 2.75) is 70.7 Å². The van der Waals surface area contributed by atoms with Crippen LogP contribution in [0.4, 0.5) is 0 Å². The number of carbonyl (C=O) groups excluding carboxylic acids is 2. The fraction of sp³-hybridized carbons (Fsp3) is 0.500. The predicted octanol–water partition coefficient (Wildman–Crippen LogP) is 4.74. The van der Waals surface area contributed by atoms with Gasteiger partial charge in [0.25, 0.3) is 5.91 Å². The van der Waals surface area contributed by atoms with Crippen LogP contribution in [-0.2, 0) is 16.1 Å². The summed E-state index contributed by atoms with van der Waals surface area (Å²) in [6.07, 6.45) is 5.24. The molecule has 0 spiro atoms. The summed E-state index contributed by atoms with van der Waals surface area (Å²) >= 11 is 0. The van der Waals surface area contributed by atoms with Gasteiger partial charge in [-0.25, -0.2) is 0 Å². The van der Waals surface area contributed by atoms with Crippen molar-refractivity contribution < 1.29 is 23.8 Å². The van der Waals surface area contributed by atoms with Gasteiger partial charge in [0.1, 0.15) is 18.3 Å². The normalized spacial score (nSPS) is 19.3. The van der Waals surface area contributed by atoms with E-state index in [2.05, 4.69) is 0 Å². The lowest BCUT2D eigenvalue weighted by Gasteiger charge is -2.44. The Balaban J connectivity index is 1.73. The standard InChI is InChI=1S/C28H36N2O5/c1-19(2)35-24-15-14-20(16-25(24)34-4)27-28(32)29(22-11-6-5-7-12-22)18-26(31)30(27)17-21-10-8-9-13-23(21)33-3/h8-10,13-16,19,22,27H,5-7,11-12,17-18H2,1-4H3/t27-/m0/s1. The number of amides is 2. The zero-order chi connectivity index (χ0) is 24.9. The van der Waals surface area contributed by atoms with Gasteiger partial charge in [-0.15, -0.1) is 0 Å². The second-order valence-electron chi connectivity index (χ2n) is 9.57. The summed E-state index contributed by atoms with van der Waals surface area (Å²) in [5.74, 6) is 1.75. The monoisotopic (exact) mass is 480 g/mol. The van der Waals surface area contributed by atoms with Gasteiger partial charge in [0, 0.05) is 11.6 Å². The maximum Gasteiger partial charge on any atom is 0.250 e. The van der Waals surface area contributed by atoms with Crippen molar-refractivity contribution in [2.75, 3.05) is 20.8 Å². The van der Waals surface area contributed by atoms with E-state index in [0.29, 0.717) is 22.8 Å². The topological polar surface area (TPSA) is 68.3 Å². The Kier molecular flexibility index (Phi) is 7.83. The molecule has 2 amide bonds. The van der Waals surface area contributed by atoms with E-state index in [1.54, 1.807) is 19.1 Å². The first kappa shape index (κ1) is 24.9. The highest BCUT2D eigenvalue weighted by atomic mass is 16.5. The Bertz CT molecular complexity index is 1050. The Morgan fingerprint density at radius 1 is 0.914 bits per heavy atom. The Morgan fingerprint density at radius 3 is 2.31 bits per heavy atom. The molecule has 1 atom stereocenters. The van der Waals surface area contributed by atoms with Gasteiger partial charge in [0.15, 0.2) is 11.5 Å². The van der Waals surface area contributed by atoms with Crippen LogP contribution in [0.15, 0.2) is 42.5 Å². The summed E-state index contributed by atoms with van der Waals surface area (Å²) < 4.78 is 17.0. The fourth-order valence-corrected chi connectivity index (χ4v) is 5.18. The molecule has 1 saturated heterocycles. The number of para-hydroxylation sites is 1. The van der Waals surface area contributed by atoms with Gasteiger partial charge in [-0.3, -0.25) is 9.59 Å². The lowest BCUT2D eigenvalue weighted by molar-refractivity contribution is -0.160. The molecule has 1 aliphatic heterocycles. The Hall–Kier alpha value is -3.22. The van der Waals surface area contributed by atoms with Gasteiger partial charge in [-0.1, -0.05) is 43.5 Å². The molecule has 2 fully saturated rings. The molecule has 188 valence electrons. The zero-order valence-electron chi connectivity index (χ0n) is 21.2. The average molecular weight is 481 g/mol. The van der Waals surface area contributed by atoms with Crippen LogP contribution in [0.3, 0.4) is 0 Å². The first-order valence-corrected chi connectivity index (χ1v) is 12.5. The van der Waals surface area contributed by atoms with E-state index in [9.17, 15) is 9.59 Å². The number of methoxy groups -OCH3 is 2. The molecule has 1 saturated carbocycles. The SMILES string of the molecule is COc1ccccc1CN1C(=O)CN(C2CCCCC2)C(=O)[C@@H]1c1ccc(OC(C)C)c(OC)c1. The molecule has 35 heavy (non-hydrogen) atoms. The van der Waals surface area contributed by atoms with E-state index in [-0.39, 0.29) is 37.0 Å². The van der Waals surface area contributed by atoms with Gasteiger partial charge >= 0.3 is 0 Å². The number of piperazine rings is 1. The number of benzene rings is 2. The van der Waals surface area contributed by atoms with Crippen LogP contribution < -0.4 is 14.2 Å². The van der Waals surface area contributed by atoms with E-state index >= 15 is 0 Å². The molecular weight excluding hydrogens is 444 g/mol. The predicted molar refractivity (Wildman–Crippen MR) is 134 cm³/mol. The molecule has 2 aromatic rings. The van der Waals surface area contributed by atoms with Gasteiger partial charge < -0.3 is 24.0 Å². The second kappa shape index (κ2) is 11.0.